The Labute approximate surface area is 106 Å². The fourth-order valence-electron chi connectivity index (χ4n) is 2.29. The van der Waals surface area contributed by atoms with Crippen LogP contribution in [0.2, 0.25) is 0 Å². The molecule has 1 rings (SSSR count). The average Bonchev–Trinajstić information content (AvgIpc) is 2.72. The predicted octanol–water partition coefficient (Wildman–Crippen LogP) is 1.59. The van der Waals surface area contributed by atoms with Gasteiger partial charge in [-0.3, -0.25) is 4.79 Å². The fraction of sp³-hybridized carbons (Fsp3) is 0.615. The first-order valence-corrected chi connectivity index (χ1v) is 5.94. The van der Waals surface area contributed by atoms with Gasteiger partial charge in [0.05, 0.1) is 19.6 Å². The summed E-state index contributed by atoms with van der Waals surface area (Å²) >= 11 is 0. The van der Waals surface area contributed by atoms with E-state index in [1.165, 1.54) is 7.11 Å². The molecule has 2 unspecified atom stereocenters. The second-order valence-corrected chi connectivity index (χ2v) is 4.25. The Hall–Kier alpha value is -1.83. The monoisotopic (exact) mass is 251 g/mol. The van der Waals surface area contributed by atoms with E-state index in [4.69, 9.17) is 10.00 Å². The molecule has 0 heterocycles. The minimum absolute atomic E-state index is 0.0556. The maximum Gasteiger partial charge on any atom is 0.348 e. The van der Waals surface area contributed by atoms with E-state index < -0.39 is 11.9 Å². The van der Waals surface area contributed by atoms with Gasteiger partial charge in [-0.1, -0.05) is 6.92 Å². The summed E-state index contributed by atoms with van der Waals surface area (Å²) < 4.78 is 9.57. The second-order valence-electron chi connectivity index (χ2n) is 4.25. The smallest absolute Gasteiger partial charge is 0.348 e. The van der Waals surface area contributed by atoms with Gasteiger partial charge in [0.2, 0.25) is 0 Å². The third-order valence-electron chi connectivity index (χ3n) is 3.18. The van der Waals surface area contributed by atoms with Crippen LogP contribution in [0.15, 0.2) is 11.1 Å². The van der Waals surface area contributed by atoms with Crippen LogP contribution < -0.4 is 0 Å². The van der Waals surface area contributed by atoms with Crippen molar-refractivity contribution in [2.45, 2.75) is 26.7 Å². The lowest BCUT2D eigenvalue weighted by atomic mass is 9.92. The lowest BCUT2D eigenvalue weighted by Crippen LogP contribution is -2.23. The van der Waals surface area contributed by atoms with Gasteiger partial charge in [-0.2, -0.15) is 5.26 Å². The zero-order chi connectivity index (χ0) is 13.7. The van der Waals surface area contributed by atoms with Crippen molar-refractivity contribution in [2.75, 3.05) is 13.7 Å². The van der Waals surface area contributed by atoms with Gasteiger partial charge in [-0.25, -0.2) is 4.79 Å². The maximum atomic E-state index is 11.9. The molecule has 1 saturated carbocycles. The first-order valence-electron chi connectivity index (χ1n) is 5.94. The van der Waals surface area contributed by atoms with Crippen LogP contribution in [-0.2, 0) is 19.1 Å². The van der Waals surface area contributed by atoms with Gasteiger partial charge in [0.1, 0.15) is 11.6 Å². The lowest BCUT2D eigenvalue weighted by Gasteiger charge is -2.16. The number of nitrogens with zero attached hydrogens (tertiary/aromatic N) is 1. The molecule has 0 aromatic carbocycles. The van der Waals surface area contributed by atoms with Crippen molar-refractivity contribution in [1.29, 1.82) is 5.26 Å². The Morgan fingerprint density at radius 2 is 2.17 bits per heavy atom. The van der Waals surface area contributed by atoms with Gasteiger partial charge >= 0.3 is 11.9 Å². The van der Waals surface area contributed by atoms with E-state index in [1.807, 2.05) is 13.0 Å². The molecule has 0 aromatic rings. The van der Waals surface area contributed by atoms with Crippen LogP contribution in [0.5, 0.6) is 0 Å². The summed E-state index contributed by atoms with van der Waals surface area (Å²) in [7, 11) is 1.22. The number of hydrogen-bond donors (Lipinski definition) is 0. The molecule has 18 heavy (non-hydrogen) atoms. The molecular weight excluding hydrogens is 234 g/mol. The number of ether oxygens (including phenoxy) is 2. The Balaban J connectivity index is 3.13. The predicted molar refractivity (Wildman–Crippen MR) is 63.2 cm³/mol. The summed E-state index contributed by atoms with van der Waals surface area (Å²) in [6.07, 6.45) is 1.32. The third kappa shape index (κ3) is 2.70. The second kappa shape index (κ2) is 6.20. The minimum Gasteiger partial charge on any atom is -0.466 e. The van der Waals surface area contributed by atoms with Crippen LogP contribution in [0.4, 0.5) is 0 Å². The zero-order valence-corrected chi connectivity index (χ0v) is 10.9. The summed E-state index contributed by atoms with van der Waals surface area (Å²) in [5.41, 5.74) is 0.496. The standard InChI is InChI=1S/C13H17NO4/c1-4-18-13(16)11-8(2)5-6-9(11)10(7-14)12(15)17-3/h8,11H,4-6H2,1-3H3. The molecule has 0 amide bonds. The SMILES string of the molecule is CCOC(=O)C1C(=C(C#N)C(=O)OC)CCC1C. The molecule has 0 N–H and O–H groups in total. The van der Waals surface area contributed by atoms with Crippen molar-refractivity contribution >= 4 is 11.9 Å². The number of nitriles is 1. The Kier molecular flexibility index (Phi) is 4.90. The Bertz CT molecular complexity index is 419. The largest absolute Gasteiger partial charge is 0.466 e. The van der Waals surface area contributed by atoms with E-state index in [1.54, 1.807) is 6.92 Å². The zero-order valence-electron chi connectivity index (χ0n) is 10.9. The van der Waals surface area contributed by atoms with Crippen molar-refractivity contribution in [3.63, 3.8) is 0 Å². The fourth-order valence-corrected chi connectivity index (χ4v) is 2.29. The highest BCUT2D eigenvalue weighted by Gasteiger charge is 2.38. The average molecular weight is 251 g/mol. The van der Waals surface area contributed by atoms with Crippen molar-refractivity contribution in [1.82, 2.24) is 0 Å². The molecule has 0 spiro atoms. The highest BCUT2D eigenvalue weighted by Crippen LogP contribution is 2.39. The highest BCUT2D eigenvalue weighted by atomic mass is 16.5. The molecule has 0 saturated heterocycles. The van der Waals surface area contributed by atoms with Crippen LogP contribution in [-0.4, -0.2) is 25.7 Å². The number of rotatable bonds is 3. The van der Waals surface area contributed by atoms with Gasteiger partial charge in [-0.05, 0) is 31.3 Å². The number of methoxy groups -OCH3 is 1. The van der Waals surface area contributed by atoms with Crippen LogP contribution in [0.3, 0.4) is 0 Å². The van der Waals surface area contributed by atoms with E-state index in [-0.39, 0.29) is 24.1 Å². The maximum absolute atomic E-state index is 11.9. The molecule has 1 fully saturated rings. The van der Waals surface area contributed by atoms with Crippen LogP contribution in [0, 0.1) is 23.2 Å². The van der Waals surface area contributed by atoms with Crippen LogP contribution >= 0.6 is 0 Å². The molecule has 0 aromatic heterocycles. The van der Waals surface area contributed by atoms with Gasteiger partial charge < -0.3 is 9.47 Å². The van der Waals surface area contributed by atoms with Gasteiger partial charge in [0.15, 0.2) is 0 Å². The molecule has 0 bridgehead atoms. The molecule has 0 radical (unpaired) electrons. The molecule has 1 aliphatic rings. The molecule has 2 atom stereocenters. The number of hydrogen-bond acceptors (Lipinski definition) is 5. The van der Waals surface area contributed by atoms with E-state index >= 15 is 0 Å². The molecule has 1 aliphatic carbocycles. The van der Waals surface area contributed by atoms with Gasteiger partial charge in [0, 0.05) is 0 Å². The number of esters is 2. The summed E-state index contributed by atoms with van der Waals surface area (Å²) in [6, 6.07) is 1.84. The highest BCUT2D eigenvalue weighted by molar-refractivity contribution is 5.95. The normalized spacial score (nSPS) is 25.2. The van der Waals surface area contributed by atoms with Gasteiger partial charge in [0.25, 0.3) is 0 Å². The number of carbonyl (C=O) groups excluding carboxylic acids is 2. The summed E-state index contributed by atoms with van der Waals surface area (Å²) in [6.45, 7) is 3.93. The van der Waals surface area contributed by atoms with Gasteiger partial charge in [-0.15, -0.1) is 0 Å². The third-order valence-corrected chi connectivity index (χ3v) is 3.18. The van der Waals surface area contributed by atoms with Crippen molar-refractivity contribution in [3.8, 4) is 6.07 Å². The van der Waals surface area contributed by atoms with Crippen LogP contribution in [0.25, 0.3) is 0 Å². The molecule has 5 nitrogen and oxygen atoms in total. The number of carbonyl (C=O) groups is 2. The summed E-state index contributed by atoms with van der Waals surface area (Å²) in [5.74, 6) is -1.48. The quantitative estimate of drug-likeness (QED) is 0.432. The Morgan fingerprint density at radius 3 is 2.67 bits per heavy atom. The Morgan fingerprint density at radius 1 is 1.50 bits per heavy atom. The molecular formula is C13H17NO4. The first-order chi connectivity index (χ1) is 8.56. The van der Waals surface area contributed by atoms with Crippen molar-refractivity contribution < 1.29 is 19.1 Å². The van der Waals surface area contributed by atoms with Crippen molar-refractivity contribution in [3.05, 3.63) is 11.1 Å². The summed E-state index contributed by atoms with van der Waals surface area (Å²) in [4.78, 5) is 23.4. The van der Waals surface area contributed by atoms with E-state index in [9.17, 15) is 9.59 Å². The molecule has 0 aliphatic heterocycles. The van der Waals surface area contributed by atoms with Crippen molar-refractivity contribution in [2.24, 2.45) is 11.8 Å². The lowest BCUT2D eigenvalue weighted by molar-refractivity contribution is -0.147. The van der Waals surface area contributed by atoms with E-state index in [2.05, 4.69) is 4.74 Å². The minimum atomic E-state index is -0.684. The molecule has 98 valence electrons. The molecule has 5 heteroatoms. The van der Waals surface area contributed by atoms with Crippen LogP contribution in [0.1, 0.15) is 26.7 Å². The topological polar surface area (TPSA) is 76.4 Å². The van der Waals surface area contributed by atoms with E-state index in [0.29, 0.717) is 12.0 Å². The summed E-state index contributed by atoms with van der Waals surface area (Å²) in [5, 5.41) is 9.04. The van der Waals surface area contributed by atoms with E-state index in [0.717, 1.165) is 6.42 Å². The first kappa shape index (κ1) is 14.2.